The van der Waals surface area contributed by atoms with E-state index in [1.807, 2.05) is 25.3 Å². The Labute approximate surface area is 268 Å². The number of fused-ring (bicyclic) bond motifs is 1. The first kappa shape index (κ1) is 32.4. The number of piperazine rings is 1. The average molecular weight is 622 g/mol. The van der Waals surface area contributed by atoms with Gasteiger partial charge in [-0.3, -0.25) is 14.3 Å². The zero-order valence-corrected chi connectivity index (χ0v) is 29.1. The van der Waals surface area contributed by atoms with Crippen LogP contribution in [0.5, 0.6) is 0 Å². The minimum absolute atomic E-state index is 0.0873. The maximum atomic E-state index is 14.0. The molecule has 8 nitrogen and oxygen atoms in total. The number of aromatic nitrogens is 4. The van der Waals surface area contributed by atoms with E-state index in [1.165, 1.54) is 5.69 Å². The third-order valence-corrected chi connectivity index (χ3v) is 15.9. The fraction of sp³-hybridized carbons (Fsp3) is 0.444. The fourth-order valence-electron chi connectivity index (χ4n) is 6.95. The molecular weight excluding hydrogens is 575 g/mol. The molecule has 0 radical (unpaired) electrons. The molecule has 0 unspecified atom stereocenters. The van der Waals surface area contributed by atoms with Crippen molar-refractivity contribution >= 4 is 36.4 Å². The van der Waals surface area contributed by atoms with E-state index in [-0.39, 0.29) is 5.56 Å². The minimum atomic E-state index is -2.03. The van der Waals surface area contributed by atoms with Crippen LogP contribution < -0.4 is 15.8 Å². The number of pyridine rings is 2. The van der Waals surface area contributed by atoms with Crippen molar-refractivity contribution in [2.45, 2.75) is 71.6 Å². The van der Waals surface area contributed by atoms with Gasteiger partial charge in [0.15, 0.2) is 0 Å². The average Bonchev–Trinajstić information content (AvgIpc) is 3.02. The monoisotopic (exact) mass is 621 g/mol. The lowest BCUT2D eigenvalue weighted by molar-refractivity contribution is 0.313. The molecule has 1 saturated heterocycles. The molecular formula is C36H47N7OSi. The van der Waals surface area contributed by atoms with Crippen LogP contribution in [0.4, 0.5) is 17.3 Å². The summed E-state index contributed by atoms with van der Waals surface area (Å²) in [6.07, 6.45) is 5.32. The zero-order chi connectivity index (χ0) is 32.3. The van der Waals surface area contributed by atoms with Crippen LogP contribution in [0, 0.1) is 18.4 Å². The summed E-state index contributed by atoms with van der Waals surface area (Å²) in [4.78, 5) is 32.6. The molecule has 3 aromatic heterocycles. The molecule has 1 fully saturated rings. The Hall–Kier alpha value is -4.00. The predicted molar refractivity (Wildman–Crippen MR) is 189 cm³/mol. The number of rotatable bonds is 8. The normalized spacial score (nSPS) is 14.3. The van der Waals surface area contributed by atoms with E-state index in [0.29, 0.717) is 40.3 Å². The van der Waals surface area contributed by atoms with Crippen LogP contribution in [0.1, 0.15) is 58.2 Å². The van der Waals surface area contributed by atoms with Crippen molar-refractivity contribution in [1.29, 1.82) is 0 Å². The van der Waals surface area contributed by atoms with Gasteiger partial charge >= 0.3 is 0 Å². The molecule has 0 saturated carbocycles. The first-order valence-electron chi connectivity index (χ1n) is 16.1. The summed E-state index contributed by atoms with van der Waals surface area (Å²) in [6.45, 7) is 20.2. The molecule has 1 N–H and O–H groups in total. The van der Waals surface area contributed by atoms with Gasteiger partial charge in [-0.15, -0.1) is 5.54 Å². The summed E-state index contributed by atoms with van der Waals surface area (Å²) in [5.74, 6) is 4.00. The molecule has 0 bridgehead atoms. The van der Waals surface area contributed by atoms with E-state index in [4.69, 9.17) is 9.97 Å². The second-order valence-electron chi connectivity index (χ2n) is 13.3. The van der Waals surface area contributed by atoms with E-state index in [9.17, 15) is 4.79 Å². The molecule has 9 heteroatoms. The number of nitrogens with zero attached hydrogens (tertiary/aromatic N) is 6. The molecule has 0 atom stereocenters. The third-order valence-electron chi connectivity index (χ3n) is 9.59. The Morgan fingerprint density at radius 1 is 0.911 bits per heavy atom. The van der Waals surface area contributed by atoms with Gasteiger partial charge in [0, 0.05) is 67.3 Å². The Bertz CT molecular complexity index is 1720. The second-order valence-corrected chi connectivity index (χ2v) is 18.9. The van der Waals surface area contributed by atoms with Gasteiger partial charge in [0.25, 0.3) is 5.56 Å². The van der Waals surface area contributed by atoms with Crippen LogP contribution in [-0.4, -0.2) is 65.7 Å². The van der Waals surface area contributed by atoms with Crippen LogP contribution in [0.25, 0.3) is 11.0 Å². The summed E-state index contributed by atoms with van der Waals surface area (Å²) < 4.78 is 1.74. The molecule has 0 amide bonds. The highest BCUT2D eigenvalue weighted by atomic mass is 28.3. The summed E-state index contributed by atoms with van der Waals surface area (Å²) in [6, 6.07) is 12.3. The van der Waals surface area contributed by atoms with E-state index < -0.39 is 8.07 Å². The Morgan fingerprint density at radius 3 is 2.13 bits per heavy atom. The van der Waals surface area contributed by atoms with E-state index >= 15 is 0 Å². The van der Waals surface area contributed by atoms with Crippen molar-refractivity contribution in [3.63, 3.8) is 0 Å². The minimum Gasteiger partial charge on any atom is -0.369 e. The number of anilines is 3. The zero-order valence-electron chi connectivity index (χ0n) is 28.1. The van der Waals surface area contributed by atoms with E-state index in [1.54, 1.807) is 17.0 Å². The lowest BCUT2D eigenvalue weighted by Crippen LogP contribution is -2.44. The van der Waals surface area contributed by atoms with Crippen molar-refractivity contribution in [2.24, 2.45) is 0 Å². The highest BCUT2D eigenvalue weighted by Crippen LogP contribution is 2.41. The molecule has 0 spiro atoms. The van der Waals surface area contributed by atoms with Crippen molar-refractivity contribution in [2.75, 3.05) is 43.4 Å². The van der Waals surface area contributed by atoms with Crippen LogP contribution in [0.2, 0.25) is 16.6 Å². The van der Waals surface area contributed by atoms with E-state index in [0.717, 1.165) is 48.4 Å². The summed E-state index contributed by atoms with van der Waals surface area (Å²) in [7, 11) is 0.135. The first-order valence-corrected chi connectivity index (χ1v) is 18.4. The highest BCUT2D eigenvalue weighted by Gasteiger charge is 2.41. The summed E-state index contributed by atoms with van der Waals surface area (Å²) >= 11 is 0. The number of hydrogen-bond acceptors (Lipinski definition) is 7. The molecule has 0 aliphatic carbocycles. The number of benzene rings is 1. The molecule has 236 valence electrons. The maximum absolute atomic E-state index is 14.0. The van der Waals surface area contributed by atoms with E-state index in [2.05, 4.69) is 104 Å². The van der Waals surface area contributed by atoms with Crippen molar-refractivity contribution in [3.05, 3.63) is 82.0 Å². The van der Waals surface area contributed by atoms with Gasteiger partial charge in [0.2, 0.25) is 5.95 Å². The topological polar surface area (TPSA) is 79.2 Å². The molecule has 1 aromatic carbocycles. The van der Waals surface area contributed by atoms with Crippen molar-refractivity contribution < 1.29 is 0 Å². The van der Waals surface area contributed by atoms with Crippen LogP contribution in [0.15, 0.2) is 59.8 Å². The summed E-state index contributed by atoms with van der Waals surface area (Å²) in [5.41, 5.74) is 10.2. The molecule has 4 heterocycles. The molecule has 1 aliphatic heterocycles. The Balaban J connectivity index is 1.58. The largest absolute Gasteiger partial charge is 0.369 e. The SMILES string of the molecule is Cc1c(C#C[Si](C(C)C)(C(C)C)C(C)C)c2cnc(Nc3ccc(N4CCN(C)CC4)cc3)nc2n(Cc2ccncc2)c1=O. The number of hydrogen-bond donors (Lipinski definition) is 1. The highest BCUT2D eigenvalue weighted by molar-refractivity contribution is 6.90. The Morgan fingerprint density at radius 2 is 1.53 bits per heavy atom. The van der Waals surface area contributed by atoms with Crippen LogP contribution >= 0.6 is 0 Å². The van der Waals surface area contributed by atoms with Crippen LogP contribution in [-0.2, 0) is 6.54 Å². The standard InChI is InChI=1S/C36H47N7OSi/c1-25(2)45(26(3)4,27(5)6)22-15-32-28(7)35(44)43(24-29-13-16-37-17-14-29)34-33(32)23-38-36(40-34)39-30-9-11-31(12-10-30)42-20-18-41(8)19-21-42/h9-14,16-17,23,25-27H,18-21,24H2,1-8H3,(H,38,39,40). The van der Waals surface area contributed by atoms with Crippen molar-refractivity contribution in [1.82, 2.24) is 24.4 Å². The lowest BCUT2D eigenvalue weighted by Gasteiger charge is -2.38. The molecule has 5 rings (SSSR count). The maximum Gasteiger partial charge on any atom is 0.256 e. The summed E-state index contributed by atoms with van der Waals surface area (Å²) in [5, 5.41) is 4.17. The fourth-order valence-corrected chi connectivity index (χ4v) is 12.2. The van der Waals surface area contributed by atoms with Gasteiger partial charge in [0.05, 0.1) is 11.9 Å². The predicted octanol–water partition coefficient (Wildman–Crippen LogP) is 6.61. The van der Waals surface area contributed by atoms with Gasteiger partial charge in [-0.2, -0.15) is 4.98 Å². The smallest absolute Gasteiger partial charge is 0.256 e. The second kappa shape index (κ2) is 13.6. The van der Waals surface area contributed by atoms with Gasteiger partial charge in [-0.1, -0.05) is 47.5 Å². The molecule has 1 aliphatic rings. The third kappa shape index (κ3) is 6.68. The lowest BCUT2D eigenvalue weighted by atomic mass is 10.1. The van der Waals surface area contributed by atoms with Crippen molar-refractivity contribution in [3.8, 4) is 11.5 Å². The first-order chi connectivity index (χ1) is 21.5. The molecule has 45 heavy (non-hydrogen) atoms. The quantitative estimate of drug-likeness (QED) is 0.175. The Kier molecular flexibility index (Phi) is 9.75. The van der Waals surface area contributed by atoms with Gasteiger partial charge in [-0.25, -0.2) is 4.98 Å². The molecule has 4 aromatic rings. The van der Waals surface area contributed by atoms with Crippen LogP contribution in [0.3, 0.4) is 0 Å². The van der Waals surface area contributed by atoms with Gasteiger partial charge in [-0.05, 0) is 72.6 Å². The van der Waals surface area contributed by atoms with Gasteiger partial charge in [0.1, 0.15) is 13.7 Å². The number of likely N-dealkylation sites (N-methyl/N-ethyl adjacent to an activating group) is 1. The van der Waals surface area contributed by atoms with Gasteiger partial charge < -0.3 is 15.1 Å². The number of nitrogens with one attached hydrogen (secondary N) is 1.